The van der Waals surface area contributed by atoms with Crippen molar-refractivity contribution in [3.8, 4) is 0 Å². The van der Waals surface area contributed by atoms with Gasteiger partial charge in [0.15, 0.2) is 0 Å². The van der Waals surface area contributed by atoms with E-state index in [1.165, 1.54) is 7.11 Å². The number of carbonyl (C=O) groups excluding carboxylic acids is 1. The highest BCUT2D eigenvalue weighted by atomic mass is 32.1. The van der Waals surface area contributed by atoms with E-state index < -0.39 is 0 Å². The summed E-state index contributed by atoms with van der Waals surface area (Å²) in [5, 5.41) is 4.29. The molecule has 2 unspecified atom stereocenters. The standard InChI is InChI=1S/C12H20N2O2S/c1-5-8(2)11(12(15)16-4)14-7-10-6-13-9(3)17-10/h6,8,11,14H,5,7H2,1-4H3. The van der Waals surface area contributed by atoms with Gasteiger partial charge in [0.25, 0.3) is 0 Å². The third-order valence-corrected chi connectivity index (χ3v) is 3.75. The average Bonchev–Trinajstić information content (AvgIpc) is 2.74. The quantitative estimate of drug-likeness (QED) is 0.792. The molecule has 1 N–H and O–H groups in total. The van der Waals surface area contributed by atoms with E-state index in [9.17, 15) is 4.79 Å². The smallest absolute Gasteiger partial charge is 0.323 e. The number of nitrogens with one attached hydrogen (secondary N) is 1. The topological polar surface area (TPSA) is 51.2 Å². The van der Waals surface area contributed by atoms with Gasteiger partial charge >= 0.3 is 5.97 Å². The minimum absolute atomic E-state index is 0.194. The summed E-state index contributed by atoms with van der Waals surface area (Å²) in [6.07, 6.45) is 2.78. The molecule has 0 spiro atoms. The first-order chi connectivity index (χ1) is 8.08. The molecule has 0 aliphatic rings. The summed E-state index contributed by atoms with van der Waals surface area (Å²) in [5.41, 5.74) is 0. The second-order valence-electron chi connectivity index (χ2n) is 4.11. The fourth-order valence-corrected chi connectivity index (χ4v) is 2.32. The predicted octanol–water partition coefficient (Wildman–Crippen LogP) is 2.13. The molecule has 1 heterocycles. The first kappa shape index (κ1) is 14.1. The van der Waals surface area contributed by atoms with Crippen LogP contribution in [0.4, 0.5) is 0 Å². The van der Waals surface area contributed by atoms with Gasteiger partial charge in [-0.05, 0) is 12.8 Å². The van der Waals surface area contributed by atoms with Crippen LogP contribution in [0.3, 0.4) is 0 Å². The van der Waals surface area contributed by atoms with Gasteiger partial charge in [-0.1, -0.05) is 20.3 Å². The number of methoxy groups -OCH3 is 1. The Morgan fingerprint density at radius 2 is 2.35 bits per heavy atom. The summed E-state index contributed by atoms with van der Waals surface area (Å²) >= 11 is 1.64. The zero-order chi connectivity index (χ0) is 12.8. The Labute approximate surface area is 106 Å². The molecule has 1 aromatic heterocycles. The third kappa shape index (κ3) is 4.09. The van der Waals surface area contributed by atoms with Gasteiger partial charge < -0.3 is 4.74 Å². The number of esters is 1. The van der Waals surface area contributed by atoms with Crippen molar-refractivity contribution in [1.82, 2.24) is 10.3 Å². The van der Waals surface area contributed by atoms with Gasteiger partial charge in [0.1, 0.15) is 6.04 Å². The van der Waals surface area contributed by atoms with Crippen molar-refractivity contribution in [2.75, 3.05) is 7.11 Å². The second-order valence-corrected chi connectivity index (χ2v) is 5.43. The van der Waals surface area contributed by atoms with Crippen LogP contribution in [-0.4, -0.2) is 24.1 Å². The van der Waals surface area contributed by atoms with Crippen LogP contribution in [0.5, 0.6) is 0 Å². The van der Waals surface area contributed by atoms with Crippen molar-refractivity contribution in [1.29, 1.82) is 0 Å². The number of rotatable bonds is 6. The van der Waals surface area contributed by atoms with Crippen LogP contribution in [0, 0.1) is 12.8 Å². The number of carbonyl (C=O) groups is 1. The van der Waals surface area contributed by atoms with E-state index in [2.05, 4.69) is 17.2 Å². The molecule has 0 saturated heterocycles. The maximum Gasteiger partial charge on any atom is 0.323 e. The third-order valence-electron chi connectivity index (χ3n) is 2.83. The molecule has 1 aromatic rings. The summed E-state index contributed by atoms with van der Waals surface area (Å²) in [6, 6.07) is -0.243. The minimum atomic E-state index is -0.243. The van der Waals surface area contributed by atoms with Crippen LogP contribution in [0.15, 0.2) is 6.20 Å². The summed E-state index contributed by atoms with van der Waals surface area (Å²) in [7, 11) is 1.43. The first-order valence-electron chi connectivity index (χ1n) is 5.81. The van der Waals surface area contributed by atoms with Gasteiger partial charge in [-0.3, -0.25) is 10.1 Å². The Bertz CT molecular complexity index is 365. The molecule has 0 saturated carbocycles. The van der Waals surface area contributed by atoms with E-state index in [1.807, 2.05) is 20.0 Å². The predicted molar refractivity (Wildman–Crippen MR) is 68.9 cm³/mol. The molecule has 0 amide bonds. The Hall–Kier alpha value is -0.940. The second kappa shape index (κ2) is 6.71. The summed E-state index contributed by atoms with van der Waals surface area (Å²) in [5.74, 6) is 0.0667. The van der Waals surface area contributed by atoms with Crippen LogP contribution >= 0.6 is 11.3 Å². The van der Waals surface area contributed by atoms with Crippen LogP contribution in [-0.2, 0) is 16.1 Å². The van der Waals surface area contributed by atoms with E-state index in [0.717, 1.165) is 16.3 Å². The summed E-state index contributed by atoms with van der Waals surface area (Å²) in [4.78, 5) is 17.0. The van der Waals surface area contributed by atoms with Gasteiger partial charge in [-0.2, -0.15) is 0 Å². The zero-order valence-corrected chi connectivity index (χ0v) is 11.6. The van der Waals surface area contributed by atoms with E-state index in [4.69, 9.17) is 4.74 Å². The number of hydrogen-bond donors (Lipinski definition) is 1. The van der Waals surface area contributed by atoms with E-state index in [0.29, 0.717) is 6.54 Å². The number of aromatic nitrogens is 1. The molecule has 0 aromatic carbocycles. The Morgan fingerprint density at radius 1 is 1.65 bits per heavy atom. The lowest BCUT2D eigenvalue weighted by Crippen LogP contribution is -2.42. The largest absolute Gasteiger partial charge is 0.468 e. The number of ether oxygens (including phenoxy) is 1. The van der Waals surface area contributed by atoms with Gasteiger partial charge in [0, 0.05) is 17.6 Å². The fourth-order valence-electron chi connectivity index (χ4n) is 1.58. The van der Waals surface area contributed by atoms with E-state index in [1.54, 1.807) is 11.3 Å². The number of thiazole rings is 1. The van der Waals surface area contributed by atoms with Crippen molar-refractivity contribution in [2.45, 2.75) is 39.8 Å². The van der Waals surface area contributed by atoms with Crippen LogP contribution in [0.2, 0.25) is 0 Å². The highest BCUT2D eigenvalue weighted by Gasteiger charge is 2.24. The molecular weight excluding hydrogens is 236 g/mol. The average molecular weight is 256 g/mol. The SMILES string of the molecule is CCC(C)C(NCc1cnc(C)s1)C(=O)OC. The zero-order valence-electron chi connectivity index (χ0n) is 10.8. The molecular formula is C12H20N2O2S. The number of nitrogens with zero attached hydrogens (tertiary/aromatic N) is 1. The molecule has 17 heavy (non-hydrogen) atoms. The lowest BCUT2D eigenvalue weighted by molar-refractivity contribution is -0.144. The molecule has 96 valence electrons. The van der Waals surface area contributed by atoms with Gasteiger partial charge in [0.05, 0.1) is 12.1 Å². The van der Waals surface area contributed by atoms with Crippen molar-refractivity contribution < 1.29 is 9.53 Å². The highest BCUT2D eigenvalue weighted by molar-refractivity contribution is 7.11. The molecule has 5 heteroatoms. The number of aryl methyl sites for hydroxylation is 1. The highest BCUT2D eigenvalue weighted by Crippen LogP contribution is 2.14. The summed E-state index contributed by atoms with van der Waals surface area (Å²) in [6.45, 7) is 6.75. The molecule has 4 nitrogen and oxygen atoms in total. The molecule has 0 aliphatic carbocycles. The Kier molecular flexibility index (Phi) is 5.58. The van der Waals surface area contributed by atoms with Gasteiger partial charge in [0.2, 0.25) is 0 Å². The molecule has 0 bridgehead atoms. The van der Waals surface area contributed by atoms with Crippen molar-refractivity contribution in [3.63, 3.8) is 0 Å². The lowest BCUT2D eigenvalue weighted by Gasteiger charge is -2.21. The molecule has 0 fully saturated rings. The van der Waals surface area contributed by atoms with Crippen molar-refractivity contribution in [2.24, 2.45) is 5.92 Å². The van der Waals surface area contributed by atoms with Gasteiger partial charge in [-0.25, -0.2) is 4.98 Å². The molecule has 0 aliphatic heterocycles. The first-order valence-corrected chi connectivity index (χ1v) is 6.62. The van der Waals surface area contributed by atoms with Crippen molar-refractivity contribution in [3.05, 3.63) is 16.1 Å². The van der Waals surface area contributed by atoms with E-state index >= 15 is 0 Å². The minimum Gasteiger partial charge on any atom is -0.468 e. The number of hydrogen-bond acceptors (Lipinski definition) is 5. The normalized spacial score (nSPS) is 14.4. The lowest BCUT2D eigenvalue weighted by atomic mass is 9.99. The Morgan fingerprint density at radius 3 is 2.82 bits per heavy atom. The molecule has 2 atom stereocenters. The van der Waals surface area contributed by atoms with Crippen LogP contribution in [0.25, 0.3) is 0 Å². The monoisotopic (exact) mass is 256 g/mol. The maximum absolute atomic E-state index is 11.6. The summed E-state index contributed by atoms with van der Waals surface area (Å²) < 4.78 is 4.82. The van der Waals surface area contributed by atoms with Crippen LogP contribution in [0.1, 0.15) is 30.2 Å². The van der Waals surface area contributed by atoms with Crippen molar-refractivity contribution >= 4 is 17.3 Å². The molecule has 0 radical (unpaired) electrons. The molecule has 1 rings (SSSR count). The fraction of sp³-hybridized carbons (Fsp3) is 0.667. The van der Waals surface area contributed by atoms with Gasteiger partial charge in [-0.15, -0.1) is 11.3 Å². The van der Waals surface area contributed by atoms with E-state index in [-0.39, 0.29) is 17.9 Å². The van der Waals surface area contributed by atoms with Crippen LogP contribution < -0.4 is 5.32 Å². The maximum atomic E-state index is 11.6. The Balaban J connectivity index is 2.57.